The average molecular weight is 303 g/mol. The molecule has 0 spiro atoms. The molecule has 3 heteroatoms. The number of benzene rings is 2. The number of methoxy groups -OCH3 is 1. The molecule has 1 aliphatic rings. The first-order valence-corrected chi connectivity index (χ1v) is 7.56. The van der Waals surface area contributed by atoms with Crippen molar-refractivity contribution in [3.63, 3.8) is 0 Å². The van der Waals surface area contributed by atoms with E-state index in [1.165, 1.54) is 5.56 Å². The normalized spacial score (nSPS) is 18.0. The van der Waals surface area contributed by atoms with E-state index in [-0.39, 0.29) is 11.3 Å². The minimum Gasteiger partial charge on any atom is -0.496 e. The highest BCUT2D eigenvalue weighted by Crippen LogP contribution is 2.45. The Hall–Kier alpha value is -1.67. The Balaban J connectivity index is 1.95. The van der Waals surface area contributed by atoms with E-state index in [1.54, 1.807) is 7.11 Å². The molecule has 0 amide bonds. The Morgan fingerprint density at radius 1 is 1.19 bits per heavy atom. The lowest BCUT2D eigenvalue weighted by atomic mass is 9.91. The molecule has 0 saturated carbocycles. The van der Waals surface area contributed by atoms with Crippen molar-refractivity contribution in [2.75, 3.05) is 13.7 Å². The molecule has 0 N–H and O–H groups in total. The first kappa shape index (κ1) is 14.3. The molecule has 2 atom stereocenters. The highest BCUT2D eigenvalue weighted by atomic mass is 35.5. The van der Waals surface area contributed by atoms with Gasteiger partial charge in [0.1, 0.15) is 11.5 Å². The molecule has 1 aliphatic heterocycles. The molecule has 1 heterocycles. The van der Waals surface area contributed by atoms with Gasteiger partial charge in [-0.3, -0.25) is 0 Å². The Kier molecular flexibility index (Phi) is 3.81. The fourth-order valence-corrected chi connectivity index (χ4v) is 3.46. The zero-order chi connectivity index (χ0) is 15.0. The van der Waals surface area contributed by atoms with Gasteiger partial charge in [0.2, 0.25) is 0 Å². The lowest BCUT2D eigenvalue weighted by Gasteiger charge is -2.19. The van der Waals surface area contributed by atoms with Crippen LogP contribution in [0.4, 0.5) is 0 Å². The molecule has 0 aliphatic carbocycles. The van der Waals surface area contributed by atoms with Gasteiger partial charge in [0.15, 0.2) is 0 Å². The Labute approximate surface area is 130 Å². The Bertz CT molecular complexity index is 643. The first-order chi connectivity index (χ1) is 10.1. The van der Waals surface area contributed by atoms with Crippen molar-refractivity contribution in [1.29, 1.82) is 0 Å². The monoisotopic (exact) mass is 302 g/mol. The molecule has 0 fully saturated rings. The van der Waals surface area contributed by atoms with Crippen LogP contribution in [0.3, 0.4) is 0 Å². The molecule has 0 aromatic heterocycles. The van der Waals surface area contributed by atoms with Crippen molar-refractivity contribution < 1.29 is 9.47 Å². The summed E-state index contributed by atoms with van der Waals surface area (Å²) in [5.74, 6) is 2.08. The zero-order valence-corrected chi connectivity index (χ0v) is 13.3. The molecule has 2 unspecified atom stereocenters. The summed E-state index contributed by atoms with van der Waals surface area (Å²) in [6.07, 6.45) is 0. The van der Waals surface area contributed by atoms with Crippen molar-refractivity contribution >= 4 is 11.6 Å². The topological polar surface area (TPSA) is 18.5 Å². The van der Waals surface area contributed by atoms with Gasteiger partial charge >= 0.3 is 0 Å². The number of hydrogen-bond acceptors (Lipinski definition) is 2. The van der Waals surface area contributed by atoms with E-state index in [4.69, 9.17) is 21.1 Å². The van der Waals surface area contributed by atoms with Gasteiger partial charge in [-0.15, -0.1) is 11.6 Å². The van der Waals surface area contributed by atoms with E-state index in [0.717, 1.165) is 28.2 Å². The summed E-state index contributed by atoms with van der Waals surface area (Å²) in [6.45, 7) is 4.74. The third-order valence-electron chi connectivity index (χ3n) is 4.10. The van der Waals surface area contributed by atoms with E-state index < -0.39 is 0 Å². The summed E-state index contributed by atoms with van der Waals surface area (Å²) < 4.78 is 11.2. The predicted molar refractivity (Wildman–Crippen MR) is 85.7 cm³/mol. The van der Waals surface area contributed by atoms with Gasteiger partial charge < -0.3 is 9.47 Å². The summed E-state index contributed by atoms with van der Waals surface area (Å²) in [7, 11) is 1.70. The van der Waals surface area contributed by atoms with Gasteiger partial charge in [0, 0.05) is 11.5 Å². The molecule has 0 bridgehead atoms. The number of rotatable bonds is 3. The maximum Gasteiger partial charge on any atom is 0.124 e. The van der Waals surface area contributed by atoms with E-state index in [1.807, 2.05) is 18.2 Å². The lowest BCUT2D eigenvalue weighted by Crippen LogP contribution is -2.09. The predicted octanol–water partition coefficient (Wildman–Crippen LogP) is 4.77. The van der Waals surface area contributed by atoms with Gasteiger partial charge in [-0.05, 0) is 36.6 Å². The summed E-state index contributed by atoms with van der Waals surface area (Å²) in [5.41, 5.74) is 4.55. The summed E-state index contributed by atoms with van der Waals surface area (Å²) >= 11 is 6.76. The fourth-order valence-electron chi connectivity index (χ4n) is 3.13. The third kappa shape index (κ3) is 2.49. The van der Waals surface area contributed by atoms with Crippen LogP contribution in [0.15, 0.2) is 36.4 Å². The number of ether oxygens (including phenoxy) is 2. The van der Waals surface area contributed by atoms with Crippen molar-refractivity contribution in [2.24, 2.45) is 0 Å². The minimum atomic E-state index is -0.100. The molecular weight excluding hydrogens is 284 g/mol. The van der Waals surface area contributed by atoms with E-state index >= 15 is 0 Å². The Morgan fingerprint density at radius 3 is 2.52 bits per heavy atom. The van der Waals surface area contributed by atoms with Crippen LogP contribution in [0.1, 0.15) is 33.5 Å². The van der Waals surface area contributed by atoms with E-state index in [2.05, 4.69) is 32.0 Å². The molecule has 2 aromatic carbocycles. The number of alkyl halides is 1. The van der Waals surface area contributed by atoms with Crippen LogP contribution in [0.5, 0.6) is 11.5 Å². The molecule has 2 nitrogen and oxygen atoms in total. The molecule has 0 saturated heterocycles. The van der Waals surface area contributed by atoms with Crippen LogP contribution in [-0.4, -0.2) is 13.7 Å². The fraction of sp³-hybridized carbons (Fsp3) is 0.333. The number of para-hydroxylation sites is 1. The highest BCUT2D eigenvalue weighted by molar-refractivity contribution is 6.21. The molecule has 0 radical (unpaired) electrons. The molecule has 110 valence electrons. The smallest absolute Gasteiger partial charge is 0.124 e. The average Bonchev–Trinajstić information content (AvgIpc) is 2.90. The van der Waals surface area contributed by atoms with Crippen LogP contribution in [0.25, 0.3) is 0 Å². The van der Waals surface area contributed by atoms with Gasteiger partial charge in [-0.25, -0.2) is 0 Å². The van der Waals surface area contributed by atoms with Crippen LogP contribution >= 0.6 is 11.6 Å². The quantitative estimate of drug-likeness (QED) is 0.761. The van der Waals surface area contributed by atoms with Crippen molar-refractivity contribution in [3.05, 3.63) is 58.7 Å². The van der Waals surface area contributed by atoms with Crippen molar-refractivity contribution in [3.8, 4) is 11.5 Å². The maximum atomic E-state index is 6.76. The second kappa shape index (κ2) is 5.61. The first-order valence-electron chi connectivity index (χ1n) is 7.12. The lowest BCUT2D eigenvalue weighted by molar-refractivity contribution is 0.328. The van der Waals surface area contributed by atoms with Gasteiger partial charge in [0.25, 0.3) is 0 Å². The number of halogens is 1. The second-order valence-electron chi connectivity index (χ2n) is 5.55. The van der Waals surface area contributed by atoms with Crippen LogP contribution < -0.4 is 9.47 Å². The van der Waals surface area contributed by atoms with Crippen LogP contribution in [0.2, 0.25) is 0 Å². The van der Waals surface area contributed by atoms with Gasteiger partial charge in [-0.2, -0.15) is 0 Å². The highest BCUT2D eigenvalue weighted by Gasteiger charge is 2.31. The third-order valence-corrected chi connectivity index (χ3v) is 4.65. The SMILES string of the molecule is COc1c(C)cc(C(Cl)C2COc3ccccc32)cc1C. The summed E-state index contributed by atoms with van der Waals surface area (Å²) in [6, 6.07) is 12.4. The van der Waals surface area contributed by atoms with Gasteiger partial charge in [-0.1, -0.05) is 30.3 Å². The van der Waals surface area contributed by atoms with Gasteiger partial charge in [0.05, 0.1) is 19.1 Å². The molecule has 21 heavy (non-hydrogen) atoms. The Morgan fingerprint density at radius 2 is 1.86 bits per heavy atom. The molecule has 2 aromatic rings. The summed E-state index contributed by atoms with van der Waals surface area (Å²) in [5, 5.41) is -0.100. The number of fused-ring (bicyclic) bond motifs is 1. The maximum absolute atomic E-state index is 6.76. The van der Waals surface area contributed by atoms with E-state index in [9.17, 15) is 0 Å². The van der Waals surface area contributed by atoms with Crippen LogP contribution in [-0.2, 0) is 0 Å². The van der Waals surface area contributed by atoms with Crippen LogP contribution in [0, 0.1) is 13.8 Å². The largest absolute Gasteiger partial charge is 0.496 e. The zero-order valence-electron chi connectivity index (χ0n) is 12.5. The molecule has 3 rings (SSSR count). The second-order valence-corrected chi connectivity index (χ2v) is 6.02. The standard InChI is InChI=1S/C18H19ClO2/c1-11-8-13(9-12(2)18(11)20-3)17(19)15-10-21-16-7-5-4-6-14(15)16/h4-9,15,17H,10H2,1-3H3. The van der Waals surface area contributed by atoms with Crippen molar-refractivity contribution in [2.45, 2.75) is 25.1 Å². The summed E-state index contributed by atoms with van der Waals surface area (Å²) in [4.78, 5) is 0. The number of aryl methyl sites for hydroxylation is 2. The van der Waals surface area contributed by atoms with Crippen molar-refractivity contribution in [1.82, 2.24) is 0 Å². The minimum absolute atomic E-state index is 0.100. The molecular formula is C18H19ClO2. The number of hydrogen-bond donors (Lipinski definition) is 0. The van der Waals surface area contributed by atoms with E-state index in [0.29, 0.717) is 6.61 Å².